The molecule has 1 aliphatic rings. The average Bonchev–Trinajstić information content (AvgIpc) is 2.89. The van der Waals surface area contributed by atoms with Crippen molar-refractivity contribution in [3.05, 3.63) is 60.2 Å². The molecule has 3 N–H and O–H groups in total. The number of benzene rings is 2. The van der Waals surface area contributed by atoms with Crippen LogP contribution >= 0.6 is 12.4 Å². The molecule has 210 valence electrons. The first-order valence-electron chi connectivity index (χ1n) is 12.2. The highest BCUT2D eigenvalue weighted by Crippen LogP contribution is 2.34. The van der Waals surface area contributed by atoms with E-state index in [1.54, 1.807) is 46.8 Å². The quantitative estimate of drug-likeness (QED) is 0.280. The summed E-state index contributed by atoms with van der Waals surface area (Å²) in [5.74, 6) is -0.710. The van der Waals surface area contributed by atoms with Crippen LogP contribution in [0, 0.1) is 5.92 Å². The van der Waals surface area contributed by atoms with Crippen LogP contribution in [0.2, 0.25) is 0 Å². The van der Waals surface area contributed by atoms with Gasteiger partial charge in [0.05, 0.1) is 18.6 Å². The highest BCUT2D eigenvalue weighted by Gasteiger charge is 2.42. The number of hydroxylamine groups is 1. The standard InChI is InChI=1S/C26H36N4O6S.ClH/c1-29(2)18-24(31)27-21-11-9-20(10-12-21)25(26(32)28-33)30(17-19-7-5-4-6-8-19)37(34,35)23-15-13-22(36-3)14-16-23;/h4-8,13-16,20-21,25,33H,9-12,17-18H2,1-3H3,(H,27,31)(H,28,32);1H/t20-,21-,25?;. The Kier molecular flexibility index (Phi) is 12.0. The van der Waals surface area contributed by atoms with Gasteiger partial charge in [-0.3, -0.25) is 14.8 Å². The van der Waals surface area contributed by atoms with Gasteiger partial charge in [0.25, 0.3) is 5.91 Å². The van der Waals surface area contributed by atoms with E-state index in [-0.39, 0.29) is 48.3 Å². The summed E-state index contributed by atoms with van der Waals surface area (Å²) in [6, 6.07) is 13.8. The van der Waals surface area contributed by atoms with Crippen LogP contribution in [0.4, 0.5) is 0 Å². The fourth-order valence-corrected chi connectivity index (χ4v) is 6.40. The first-order valence-corrected chi connectivity index (χ1v) is 13.7. The van der Waals surface area contributed by atoms with Gasteiger partial charge in [-0.15, -0.1) is 12.4 Å². The molecule has 0 bridgehead atoms. The predicted octanol–water partition coefficient (Wildman–Crippen LogP) is 2.42. The molecule has 0 aromatic heterocycles. The fraction of sp³-hybridized carbons (Fsp3) is 0.462. The molecule has 12 heteroatoms. The largest absolute Gasteiger partial charge is 0.497 e. The molecular formula is C26H37ClN4O6S. The van der Waals surface area contributed by atoms with Gasteiger partial charge < -0.3 is 15.0 Å². The molecule has 0 saturated heterocycles. The summed E-state index contributed by atoms with van der Waals surface area (Å²) in [7, 11) is 0.986. The number of nitrogens with one attached hydrogen (secondary N) is 2. The Balaban J connectivity index is 0.00000507. The third-order valence-corrected chi connectivity index (χ3v) is 8.42. The summed E-state index contributed by atoms with van der Waals surface area (Å²) in [5.41, 5.74) is 2.40. The van der Waals surface area contributed by atoms with Crippen LogP contribution in [0.5, 0.6) is 5.75 Å². The summed E-state index contributed by atoms with van der Waals surface area (Å²) in [6.45, 7) is 0.229. The first kappa shape index (κ1) is 31.5. The van der Waals surface area contributed by atoms with Crippen LogP contribution in [0.25, 0.3) is 0 Å². The zero-order valence-electron chi connectivity index (χ0n) is 21.9. The van der Waals surface area contributed by atoms with Crippen molar-refractivity contribution >= 4 is 34.2 Å². The lowest BCUT2D eigenvalue weighted by Crippen LogP contribution is -2.54. The summed E-state index contributed by atoms with van der Waals surface area (Å²) in [5, 5.41) is 12.6. The van der Waals surface area contributed by atoms with Crippen molar-refractivity contribution < 1.29 is 28.0 Å². The summed E-state index contributed by atoms with van der Waals surface area (Å²) >= 11 is 0. The lowest BCUT2D eigenvalue weighted by molar-refractivity contribution is -0.136. The van der Waals surface area contributed by atoms with Gasteiger partial charge in [0.15, 0.2) is 0 Å². The van der Waals surface area contributed by atoms with Gasteiger partial charge in [-0.1, -0.05) is 30.3 Å². The topological polar surface area (TPSA) is 128 Å². The Labute approximate surface area is 230 Å². The van der Waals surface area contributed by atoms with Crippen molar-refractivity contribution in [1.82, 2.24) is 20.0 Å². The Bertz CT molecular complexity index is 1140. The van der Waals surface area contributed by atoms with E-state index in [4.69, 9.17) is 4.74 Å². The second-order valence-corrected chi connectivity index (χ2v) is 11.4. The Morgan fingerprint density at radius 2 is 1.63 bits per heavy atom. The lowest BCUT2D eigenvalue weighted by Gasteiger charge is -2.38. The average molecular weight is 569 g/mol. The number of carbonyl (C=O) groups is 2. The molecule has 0 radical (unpaired) electrons. The highest BCUT2D eigenvalue weighted by molar-refractivity contribution is 7.89. The van der Waals surface area contributed by atoms with Gasteiger partial charge in [-0.05, 0) is 75.5 Å². The number of rotatable bonds is 11. The van der Waals surface area contributed by atoms with Crippen LogP contribution < -0.4 is 15.5 Å². The number of hydrogen-bond acceptors (Lipinski definition) is 7. The minimum atomic E-state index is -4.14. The van der Waals surface area contributed by atoms with Crippen LogP contribution in [0.15, 0.2) is 59.5 Å². The van der Waals surface area contributed by atoms with Crippen molar-refractivity contribution in [3.8, 4) is 5.75 Å². The maximum atomic E-state index is 13.9. The third kappa shape index (κ3) is 8.15. The van der Waals surface area contributed by atoms with E-state index in [1.165, 1.54) is 23.5 Å². The minimum Gasteiger partial charge on any atom is -0.497 e. The zero-order valence-corrected chi connectivity index (χ0v) is 23.5. The van der Waals surface area contributed by atoms with Crippen molar-refractivity contribution in [3.63, 3.8) is 0 Å². The van der Waals surface area contributed by atoms with Gasteiger partial charge in [0, 0.05) is 12.6 Å². The van der Waals surface area contributed by atoms with Crippen LogP contribution in [-0.2, 0) is 26.2 Å². The monoisotopic (exact) mass is 568 g/mol. The molecule has 0 spiro atoms. The molecule has 1 atom stereocenters. The third-order valence-electron chi connectivity index (χ3n) is 6.58. The normalized spacial score (nSPS) is 18.4. The maximum Gasteiger partial charge on any atom is 0.262 e. The highest BCUT2D eigenvalue weighted by atomic mass is 35.5. The number of sulfonamides is 1. The van der Waals surface area contributed by atoms with Gasteiger partial charge in [0.2, 0.25) is 15.9 Å². The number of carbonyl (C=O) groups excluding carboxylic acids is 2. The molecule has 2 aromatic rings. The van der Waals surface area contributed by atoms with Gasteiger partial charge in [-0.25, -0.2) is 13.9 Å². The second-order valence-electron chi connectivity index (χ2n) is 9.55. The molecule has 0 aliphatic heterocycles. The predicted molar refractivity (Wildman–Crippen MR) is 146 cm³/mol. The van der Waals surface area contributed by atoms with Crippen molar-refractivity contribution in [2.45, 2.75) is 49.2 Å². The molecule has 2 amide bonds. The van der Waals surface area contributed by atoms with E-state index in [0.29, 0.717) is 37.0 Å². The summed E-state index contributed by atoms with van der Waals surface area (Å²) in [6.07, 6.45) is 2.21. The van der Waals surface area contributed by atoms with Crippen molar-refractivity contribution in [2.75, 3.05) is 27.7 Å². The number of likely N-dealkylation sites (N-methyl/N-ethyl adjacent to an activating group) is 1. The Hall–Kier alpha value is -2.70. The number of halogens is 1. The number of methoxy groups -OCH3 is 1. The maximum absolute atomic E-state index is 13.9. The SMILES string of the molecule is COc1ccc(S(=O)(=O)N(Cc2ccccc2)C(C(=O)NO)[C@H]2CC[C@H](NC(=O)CN(C)C)CC2)cc1.Cl. The fourth-order valence-electron chi connectivity index (χ4n) is 4.77. The zero-order chi connectivity index (χ0) is 27.0. The van der Waals surface area contributed by atoms with E-state index in [9.17, 15) is 23.2 Å². The van der Waals surface area contributed by atoms with Crippen LogP contribution in [0.1, 0.15) is 31.2 Å². The minimum absolute atomic E-state index is 0. The second kappa shape index (κ2) is 14.5. The molecule has 2 aromatic carbocycles. The molecule has 10 nitrogen and oxygen atoms in total. The Morgan fingerprint density at radius 3 is 2.16 bits per heavy atom. The molecule has 1 unspecified atom stereocenters. The van der Waals surface area contributed by atoms with E-state index < -0.39 is 22.0 Å². The smallest absolute Gasteiger partial charge is 0.262 e. The lowest BCUT2D eigenvalue weighted by atomic mass is 9.81. The molecule has 1 saturated carbocycles. The van der Waals surface area contributed by atoms with Gasteiger partial charge in [0.1, 0.15) is 11.8 Å². The van der Waals surface area contributed by atoms with Crippen LogP contribution in [0.3, 0.4) is 0 Å². The van der Waals surface area contributed by atoms with Crippen molar-refractivity contribution in [2.24, 2.45) is 5.92 Å². The van der Waals surface area contributed by atoms with E-state index in [2.05, 4.69) is 5.32 Å². The molecule has 3 rings (SSSR count). The Morgan fingerprint density at radius 1 is 1.03 bits per heavy atom. The number of nitrogens with zero attached hydrogens (tertiary/aromatic N) is 2. The van der Waals surface area contributed by atoms with Gasteiger partial charge >= 0.3 is 0 Å². The number of amides is 2. The molecule has 38 heavy (non-hydrogen) atoms. The van der Waals surface area contributed by atoms with Crippen LogP contribution in [-0.4, -0.2) is 74.5 Å². The molecule has 1 fully saturated rings. The molecule has 1 aliphatic carbocycles. The first-order chi connectivity index (χ1) is 17.6. The molecular weight excluding hydrogens is 532 g/mol. The van der Waals surface area contributed by atoms with E-state index >= 15 is 0 Å². The van der Waals surface area contributed by atoms with E-state index in [0.717, 1.165) is 0 Å². The summed E-state index contributed by atoms with van der Waals surface area (Å²) < 4.78 is 34.2. The summed E-state index contributed by atoms with van der Waals surface area (Å²) in [4.78, 5) is 27.0. The van der Waals surface area contributed by atoms with Crippen molar-refractivity contribution in [1.29, 1.82) is 0 Å². The van der Waals surface area contributed by atoms with E-state index in [1.807, 2.05) is 20.2 Å². The van der Waals surface area contributed by atoms with Gasteiger partial charge in [-0.2, -0.15) is 4.31 Å². The number of hydrogen-bond donors (Lipinski definition) is 3. The molecule has 0 heterocycles. The number of ether oxygens (including phenoxy) is 1.